The van der Waals surface area contributed by atoms with Gasteiger partial charge >= 0.3 is 0 Å². The summed E-state index contributed by atoms with van der Waals surface area (Å²) in [6.45, 7) is 2.07. The lowest BCUT2D eigenvalue weighted by molar-refractivity contribution is 0.0346. The molecule has 2 bridgehead atoms. The molecule has 0 spiro atoms. The predicted octanol–water partition coefficient (Wildman–Crippen LogP) is 6.29. The molecule has 0 aromatic heterocycles. The Morgan fingerprint density at radius 1 is 0.941 bits per heavy atom. The zero-order valence-electron chi connectivity index (χ0n) is 20.5. The molecular weight excluding hydrogens is 469 g/mol. The molecule has 1 saturated heterocycles. The first-order valence-corrected chi connectivity index (χ1v) is 13.7. The summed E-state index contributed by atoms with van der Waals surface area (Å²) < 4.78 is 5.61. The Hall–Kier alpha value is -1.17. The molecule has 1 atom stereocenters. The Morgan fingerprint density at radius 2 is 1.62 bits per heavy atom. The number of rotatable bonds is 6. The number of nitrogens with one attached hydrogen (secondary N) is 2. The maximum Gasteiger partial charge on any atom is 0.255 e. The molecular formula is C27H41Cl2N3O2. The summed E-state index contributed by atoms with van der Waals surface area (Å²) >= 11 is 6.61. The van der Waals surface area contributed by atoms with Gasteiger partial charge in [0.1, 0.15) is 5.75 Å². The fourth-order valence-corrected chi connectivity index (χ4v) is 7.37. The van der Waals surface area contributed by atoms with Gasteiger partial charge in [0.05, 0.1) is 23.4 Å². The number of carbonyl (C=O) groups is 1. The quantitative estimate of drug-likeness (QED) is 0.473. The van der Waals surface area contributed by atoms with Gasteiger partial charge in [0.25, 0.3) is 5.91 Å². The summed E-state index contributed by atoms with van der Waals surface area (Å²) in [6.07, 6.45) is 15.6. The van der Waals surface area contributed by atoms with Crippen LogP contribution in [-0.4, -0.2) is 49.1 Å². The van der Waals surface area contributed by atoms with Crippen LogP contribution in [0.5, 0.6) is 5.75 Å². The van der Waals surface area contributed by atoms with E-state index in [1.54, 1.807) is 13.2 Å². The third kappa shape index (κ3) is 5.63. The molecule has 0 radical (unpaired) electrons. The van der Waals surface area contributed by atoms with Gasteiger partial charge in [0, 0.05) is 37.3 Å². The molecule has 3 saturated carbocycles. The molecule has 1 aromatic carbocycles. The largest absolute Gasteiger partial charge is 0.496 e. The monoisotopic (exact) mass is 509 g/mol. The van der Waals surface area contributed by atoms with Gasteiger partial charge in [0.2, 0.25) is 0 Å². The molecule has 34 heavy (non-hydrogen) atoms. The summed E-state index contributed by atoms with van der Waals surface area (Å²) in [4.78, 5) is 15.9. The second-order valence-electron chi connectivity index (χ2n) is 10.8. The molecule has 5 rings (SSSR count). The molecule has 2 N–H and O–H groups in total. The first kappa shape index (κ1) is 25.9. The van der Waals surface area contributed by atoms with Gasteiger partial charge in [-0.05, 0) is 62.8 Å². The number of hydrogen-bond acceptors (Lipinski definition) is 4. The molecule has 1 heterocycles. The van der Waals surface area contributed by atoms with E-state index in [4.69, 9.17) is 16.3 Å². The van der Waals surface area contributed by atoms with Crippen LogP contribution in [0.25, 0.3) is 0 Å². The Bertz CT molecular complexity index is 823. The lowest BCUT2D eigenvalue weighted by atomic mass is 9.68. The smallest absolute Gasteiger partial charge is 0.255 e. The number of benzene rings is 1. The van der Waals surface area contributed by atoms with Crippen molar-refractivity contribution < 1.29 is 9.53 Å². The van der Waals surface area contributed by atoms with Gasteiger partial charge in [0.15, 0.2) is 0 Å². The zero-order valence-corrected chi connectivity index (χ0v) is 22.1. The highest BCUT2D eigenvalue weighted by molar-refractivity contribution is 6.33. The van der Waals surface area contributed by atoms with Crippen molar-refractivity contribution in [2.75, 3.05) is 25.5 Å². The number of halogens is 2. The third-order valence-electron chi connectivity index (χ3n) is 8.74. The lowest BCUT2D eigenvalue weighted by Gasteiger charge is -2.47. The van der Waals surface area contributed by atoms with Gasteiger partial charge in [-0.15, -0.1) is 12.4 Å². The van der Waals surface area contributed by atoms with E-state index in [1.165, 1.54) is 70.6 Å². The number of ether oxygens (including phenoxy) is 1. The van der Waals surface area contributed by atoms with Crippen LogP contribution >= 0.6 is 24.0 Å². The van der Waals surface area contributed by atoms with Crippen LogP contribution in [0, 0.1) is 11.8 Å². The van der Waals surface area contributed by atoms with Crippen molar-refractivity contribution in [1.29, 1.82) is 0 Å². The van der Waals surface area contributed by atoms with Gasteiger partial charge in [-0.3, -0.25) is 9.69 Å². The topological polar surface area (TPSA) is 53.6 Å². The van der Waals surface area contributed by atoms with E-state index in [9.17, 15) is 4.79 Å². The van der Waals surface area contributed by atoms with Crippen molar-refractivity contribution in [3.63, 3.8) is 0 Å². The molecule has 1 aliphatic heterocycles. The first-order chi connectivity index (χ1) is 16.1. The van der Waals surface area contributed by atoms with Crippen molar-refractivity contribution in [3.05, 3.63) is 22.7 Å². The average Bonchev–Trinajstić information content (AvgIpc) is 3.28. The fourth-order valence-electron chi connectivity index (χ4n) is 7.15. The number of fused-ring (bicyclic) bond motifs is 2. The fraction of sp³-hybridized carbons (Fsp3) is 0.741. The van der Waals surface area contributed by atoms with E-state index in [0.29, 0.717) is 22.4 Å². The molecule has 1 aromatic rings. The van der Waals surface area contributed by atoms with Gasteiger partial charge in [-0.25, -0.2) is 0 Å². The number of amides is 1. The number of anilines is 1. The minimum absolute atomic E-state index is 0. The standard InChI is InChI=1S/C27H40ClN3O2.ClH/c1-33-25-16-24(29-20-11-3-2-4-12-20)23(28)15-22(25)27(32)30-21-13-14-31(17-21)26-18-7-5-8-19(26)10-6-9-18;/h15-16,18-21,26,29H,2-14,17H2,1H3,(H,30,32);1H/t18?,19?,21-,26?;/m0./s1. The highest BCUT2D eigenvalue weighted by Gasteiger charge is 2.42. The molecule has 4 aliphatic rings. The van der Waals surface area contributed by atoms with Gasteiger partial charge < -0.3 is 15.4 Å². The SMILES string of the molecule is COc1cc(NC2CCCCC2)c(Cl)cc1C(=O)N[C@H]1CCN(C2C3CCCC2CCC3)C1.Cl. The number of nitrogens with zero attached hydrogens (tertiary/aromatic N) is 1. The summed E-state index contributed by atoms with van der Waals surface area (Å²) in [5.41, 5.74) is 1.40. The van der Waals surface area contributed by atoms with Crippen LogP contribution in [0.3, 0.4) is 0 Å². The molecule has 4 fully saturated rings. The summed E-state index contributed by atoms with van der Waals surface area (Å²) in [5.74, 6) is 2.26. The minimum atomic E-state index is -0.0753. The summed E-state index contributed by atoms with van der Waals surface area (Å²) in [6, 6.07) is 5.06. The highest BCUT2D eigenvalue weighted by Crippen LogP contribution is 2.43. The Balaban J connectivity index is 0.00000274. The van der Waals surface area contributed by atoms with Crippen LogP contribution in [-0.2, 0) is 0 Å². The maximum atomic E-state index is 13.2. The van der Waals surface area contributed by atoms with Crippen LogP contribution < -0.4 is 15.4 Å². The lowest BCUT2D eigenvalue weighted by Crippen LogP contribution is -2.50. The maximum absolute atomic E-state index is 13.2. The number of likely N-dealkylation sites (tertiary alicyclic amines) is 1. The minimum Gasteiger partial charge on any atom is -0.496 e. The molecule has 5 nitrogen and oxygen atoms in total. The Labute approximate surface area is 216 Å². The Morgan fingerprint density at radius 3 is 2.26 bits per heavy atom. The molecule has 3 aliphatic carbocycles. The number of hydrogen-bond donors (Lipinski definition) is 2. The number of methoxy groups -OCH3 is 1. The molecule has 1 amide bonds. The van der Waals surface area contributed by atoms with Crippen LogP contribution in [0.4, 0.5) is 5.69 Å². The van der Waals surface area contributed by atoms with E-state index in [2.05, 4.69) is 15.5 Å². The van der Waals surface area contributed by atoms with Crippen molar-refractivity contribution in [1.82, 2.24) is 10.2 Å². The highest BCUT2D eigenvalue weighted by atomic mass is 35.5. The van der Waals surface area contributed by atoms with E-state index >= 15 is 0 Å². The summed E-state index contributed by atoms with van der Waals surface area (Å²) in [5, 5.41) is 7.46. The van der Waals surface area contributed by atoms with E-state index in [1.807, 2.05) is 6.07 Å². The average molecular weight is 511 g/mol. The summed E-state index contributed by atoms with van der Waals surface area (Å²) in [7, 11) is 1.63. The van der Waals surface area contributed by atoms with Gasteiger partial charge in [-0.1, -0.05) is 43.7 Å². The van der Waals surface area contributed by atoms with Crippen LogP contribution in [0.1, 0.15) is 87.4 Å². The molecule has 190 valence electrons. The second kappa shape index (κ2) is 11.7. The van der Waals surface area contributed by atoms with Crippen molar-refractivity contribution >= 4 is 35.6 Å². The zero-order chi connectivity index (χ0) is 22.8. The second-order valence-corrected chi connectivity index (χ2v) is 11.2. The van der Waals surface area contributed by atoms with Crippen LogP contribution in [0.2, 0.25) is 5.02 Å². The number of carbonyl (C=O) groups excluding carboxylic acids is 1. The van der Waals surface area contributed by atoms with Gasteiger partial charge in [-0.2, -0.15) is 0 Å². The van der Waals surface area contributed by atoms with Crippen LogP contribution in [0.15, 0.2) is 12.1 Å². The van der Waals surface area contributed by atoms with E-state index in [-0.39, 0.29) is 24.4 Å². The van der Waals surface area contributed by atoms with Crippen molar-refractivity contribution in [2.45, 2.75) is 95.2 Å². The first-order valence-electron chi connectivity index (χ1n) is 13.3. The van der Waals surface area contributed by atoms with Crippen molar-refractivity contribution in [2.24, 2.45) is 11.8 Å². The Kier molecular flexibility index (Phi) is 8.92. The van der Waals surface area contributed by atoms with E-state index < -0.39 is 0 Å². The van der Waals surface area contributed by atoms with E-state index in [0.717, 1.165) is 43.1 Å². The molecule has 0 unspecified atom stereocenters. The molecule has 7 heteroatoms. The van der Waals surface area contributed by atoms with Crippen molar-refractivity contribution in [3.8, 4) is 5.75 Å². The third-order valence-corrected chi connectivity index (χ3v) is 9.05. The predicted molar refractivity (Wildman–Crippen MR) is 142 cm³/mol. The normalized spacial score (nSPS) is 29.8.